The minimum absolute atomic E-state index is 0.142. The van der Waals surface area contributed by atoms with E-state index in [1.807, 2.05) is 6.07 Å². The highest BCUT2D eigenvalue weighted by atomic mass is 32.2. The number of aromatic nitrogens is 3. The molecule has 46 heavy (non-hydrogen) atoms. The summed E-state index contributed by atoms with van der Waals surface area (Å²) in [5, 5.41) is 20.8. The first-order valence-corrected chi connectivity index (χ1v) is 16.9. The second-order valence-corrected chi connectivity index (χ2v) is 13.6. The minimum atomic E-state index is -5.20. The Balaban J connectivity index is 1.72. The Morgan fingerprint density at radius 3 is 2.07 bits per heavy atom. The zero-order valence-corrected chi connectivity index (χ0v) is 25.6. The zero-order chi connectivity index (χ0) is 33.4. The summed E-state index contributed by atoms with van der Waals surface area (Å²) in [5.74, 6) is -1.01. The zero-order valence-electron chi connectivity index (χ0n) is 23.2. The average Bonchev–Trinajstić information content (AvgIpc) is 2.99. The number of fused-ring (bicyclic) bond motifs is 1. The van der Waals surface area contributed by atoms with E-state index in [-0.39, 0.29) is 28.4 Å². The van der Waals surface area contributed by atoms with Crippen LogP contribution in [0.1, 0.15) is 0 Å². The van der Waals surface area contributed by atoms with Crippen LogP contribution in [0.3, 0.4) is 0 Å². The van der Waals surface area contributed by atoms with Crippen molar-refractivity contribution in [2.45, 2.75) is 14.7 Å². The molecule has 0 aliphatic rings. The highest BCUT2D eigenvalue weighted by molar-refractivity contribution is 7.86. The van der Waals surface area contributed by atoms with Crippen molar-refractivity contribution in [3.63, 3.8) is 0 Å². The second-order valence-electron chi connectivity index (χ2n) is 9.36. The maximum Gasteiger partial charge on any atom is 0.296 e. The van der Waals surface area contributed by atoms with Gasteiger partial charge in [-0.05, 0) is 47.9 Å². The number of benzene rings is 4. The Kier molecular flexibility index (Phi) is 8.42. The summed E-state index contributed by atoms with van der Waals surface area (Å²) in [6.45, 7) is 0. The lowest BCUT2D eigenvalue weighted by Gasteiger charge is -2.18. The molecule has 1 aromatic heterocycles. The summed E-state index contributed by atoms with van der Waals surface area (Å²) in [7, 11) is -13.3. The van der Waals surface area contributed by atoms with Crippen LogP contribution in [0.4, 0.5) is 34.6 Å². The molecule has 5 aromatic rings. The third-order valence-corrected chi connectivity index (χ3v) is 8.95. The van der Waals surface area contributed by atoms with Gasteiger partial charge in [0.25, 0.3) is 30.4 Å². The Morgan fingerprint density at radius 2 is 1.41 bits per heavy atom. The number of aromatic hydroxyl groups is 1. The van der Waals surface area contributed by atoms with Crippen LogP contribution in [0, 0.1) is 0 Å². The van der Waals surface area contributed by atoms with Gasteiger partial charge in [-0.2, -0.15) is 30.2 Å². The van der Waals surface area contributed by atoms with Gasteiger partial charge in [0.2, 0.25) is 11.9 Å². The molecule has 0 fully saturated rings. The molecular formula is C26H21N7O10S3. The molecule has 0 saturated carbocycles. The predicted octanol–water partition coefficient (Wildman–Crippen LogP) is 4.40. The number of nitrogens with one attached hydrogen (secondary N) is 1. The number of rotatable bonds is 9. The molecule has 1 heterocycles. The van der Waals surface area contributed by atoms with Gasteiger partial charge in [-0.3, -0.25) is 13.7 Å². The largest absolute Gasteiger partial charge is 0.505 e. The molecule has 20 heteroatoms. The number of nitrogens with zero attached hydrogens (tertiary/aromatic N) is 6. The van der Waals surface area contributed by atoms with Crippen molar-refractivity contribution in [1.82, 2.24) is 15.0 Å². The van der Waals surface area contributed by atoms with Gasteiger partial charge in [0.15, 0.2) is 5.75 Å². The first-order valence-electron chi connectivity index (χ1n) is 12.6. The number of phenolic OH excluding ortho intramolecular Hbond substituents is 1. The predicted molar refractivity (Wildman–Crippen MR) is 163 cm³/mol. The van der Waals surface area contributed by atoms with E-state index in [1.54, 1.807) is 36.2 Å². The van der Waals surface area contributed by atoms with Gasteiger partial charge < -0.3 is 15.3 Å². The molecule has 0 radical (unpaired) electrons. The van der Waals surface area contributed by atoms with Gasteiger partial charge in [0, 0.05) is 18.1 Å². The van der Waals surface area contributed by atoms with Crippen LogP contribution in [0.5, 0.6) is 5.75 Å². The molecule has 238 valence electrons. The minimum Gasteiger partial charge on any atom is -0.505 e. The van der Waals surface area contributed by atoms with Crippen LogP contribution >= 0.6 is 0 Å². The monoisotopic (exact) mass is 687 g/mol. The number of phenols is 1. The molecule has 0 spiro atoms. The van der Waals surface area contributed by atoms with Crippen LogP contribution in [0.15, 0.2) is 104 Å². The highest BCUT2D eigenvalue weighted by Crippen LogP contribution is 2.46. The van der Waals surface area contributed by atoms with Crippen LogP contribution in [-0.4, -0.2) is 66.0 Å². The quantitative estimate of drug-likeness (QED) is 0.106. The Morgan fingerprint density at radius 1 is 0.761 bits per heavy atom. The van der Waals surface area contributed by atoms with Gasteiger partial charge in [0.05, 0.1) is 10.6 Å². The van der Waals surface area contributed by atoms with E-state index in [9.17, 15) is 44.0 Å². The number of hydrogen-bond donors (Lipinski definition) is 5. The van der Waals surface area contributed by atoms with Crippen molar-refractivity contribution in [3.05, 3.63) is 79.1 Å². The average molecular weight is 688 g/mol. The maximum absolute atomic E-state index is 12.4. The molecule has 5 N–H and O–H groups in total. The summed E-state index contributed by atoms with van der Waals surface area (Å²) in [6, 6.07) is 16.1. The molecular weight excluding hydrogens is 667 g/mol. The fourth-order valence-corrected chi connectivity index (χ4v) is 6.08. The van der Waals surface area contributed by atoms with Gasteiger partial charge in [-0.15, -0.1) is 10.2 Å². The van der Waals surface area contributed by atoms with Gasteiger partial charge >= 0.3 is 0 Å². The molecule has 4 aromatic carbocycles. The SMILES string of the molecule is CN(c1ccccc1)c1ncnc(Nc2cc(S(=O)(=O)O)cc3cc(S(=O)(=O)O)c(N=Nc4ccccc4S(=O)(=O)O)c(O)c23)n1. The van der Waals surface area contributed by atoms with Crippen molar-refractivity contribution in [2.24, 2.45) is 10.2 Å². The van der Waals surface area contributed by atoms with Gasteiger partial charge in [-0.25, -0.2) is 9.97 Å². The van der Waals surface area contributed by atoms with Gasteiger partial charge in [-0.1, -0.05) is 30.3 Å². The maximum atomic E-state index is 12.4. The van der Waals surface area contributed by atoms with Gasteiger partial charge in [0.1, 0.15) is 27.5 Å². The summed E-state index contributed by atoms with van der Waals surface area (Å²) >= 11 is 0. The fourth-order valence-electron chi connectivity index (χ4n) is 4.26. The lowest BCUT2D eigenvalue weighted by atomic mass is 10.1. The first-order chi connectivity index (χ1) is 21.5. The number of azo groups is 1. The fraction of sp³-hybridized carbons (Fsp3) is 0.0385. The van der Waals surface area contributed by atoms with Crippen molar-refractivity contribution in [3.8, 4) is 5.75 Å². The topological polar surface area (TPSA) is 262 Å². The molecule has 0 amide bonds. The highest BCUT2D eigenvalue weighted by Gasteiger charge is 2.26. The molecule has 0 aliphatic heterocycles. The van der Waals surface area contributed by atoms with Crippen molar-refractivity contribution < 1.29 is 44.0 Å². The first kappa shape index (κ1) is 32.3. The van der Waals surface area contributed by atoms with E-state index in [1.165, 1.54) is 12.1 Å². The summed E-state index contributed by atoms with van der Waals surface area (Å²) in [6.07, 6.45) is 1.14. The van der Waals surface area contributed by atoms with E-state index in [0.29, 0.717) is 5.69 Å². The number of anilines is 4. The third-order valence-electron chi connectivity index (χ3n) is 6.35. The van der Waals surface area contributed by atoms with Crippen LogP contribution in [-0.2, 0) is 30.4 Å². The molecule has 5 rings (SSSR count). The molecule has 0 atom stereocenters. The van der Waals surface area contributed by atoms with Crippen LogP contribution in [0.25, 0.3) is 10.8 Å². The lowest BCUT2D eigenvalue weighted by Crippen LogP contribution is -2.14. The number of para-hydroxylation sites is 1. The molecule has 0 aliphatic carbocycles. The van der Waals surface area contributed by atoms with E-state index in [2.05, 4.69) is 30.5 Å². The van der Waals surface area contributed by atoms with E-state index < -0.39 is 62.2 Å². The summed E-state index contributed by atoms with van der Waals surface area (Å²) in [4.78, 5) is 11.6. The van der Waals surface area contributed by atoms with E-state index in [0.717, 1.165) is 36.7 Å². The molecule has 0 bridgehead atoms. The van der Waals surface area contributed by atoms with E-state index in [4.69, 9.17) is 0 Å². The standard InChI is InChI=1S/C26H21N7O10S3/c1-33(16-7-3-2-4-8-16)26-28-14-27-25(30-26)29-19-13-17(44(35,36)37)11-15-12-21(46(41,42)43)23(24(34)22(15)19)32-31-18-9-5-6-10-20(18)45(38,39)40/h2-14,34H,1H3,(H,35,36,37)(H,38,39,40)(H,41,42,43)(H,27,28,29,30). The third kappa shape index (κ3) is 6.75. The molecule has 0 unspecified atom stereocenters. The molecule has 0 saturated heterocycles. The Hall–Kier alpha value is -5.12. The Labute approximate surface area is 261 Å². The van der Waals surface area contributed by atoms with Crippen molar-refractivity contribution >= 4 is 75.8 Å². The smallest absolute Gasteiger partial charge is 0.296 e. The van der Waals surface area contributed by atoms with Crippen LogP contribution in [0.2, 0.25) is 0 Å². The summed E-state index contributed by atoms with van der Waals surface area (Å²) < 4.78 is 102. The second kappa shape index (κ2) is 12.0. The van der Waals surface area contributed by atoms with E-state index >= 15 is 0 Å². The van der Waals surface area contributed by atoms with Crippen LogP contribution < -0.4 is 10.2 Å². The summed E-state index contributed by atoms with van der Waals surface area (Å²) in [5.41, 5.74) is -0.910. The number of hydrogen-bond acceptors (Lipinski definition) is 14. The normalized spacial score (nSPS) is 12.4. The lowest BCUT2D eigenvalue weighted by molar-refractivity contribution is 0.472. The molecule has 17 nitrogen and oxygen atoms in total. The van der Waals surface area contributed by atoms with Crippen molar-refractivity contribution in [1.29, 1.82) is 0 Å². The van der Waals surface area contributed by atoms with Crippen molar-refractivity contribution in [2.75, 3.05) is 17.3 Å². The Bertz CT molecular complexity index is 2360.